The zero-order valence-electron chi connectivity index (χ0n) is 16.4. The van der Waals surface area contributed by atoms with Crippen molar-refractivity contribution in [3.05, 3.63) is 76.0 Å². The highest BCUT2D eigenvalue weighted by molar-refractivity contribution is 7.12. The van der Waals surface area contributed by atoms with E-state index in [1.54, 1.807) is 35.2 Å². The van der Waals surface area contributed by atoms with Gasteiger partial charge in [0.25, 0.3) is 11.8 Å². The van der Waals surface area contributed by atoms with Gasteiger partial charge in [-0.05, 0) is 60.2 Å². The highest BCUT2D eigenvalue weighted by Crippen LogP contribution is 2.32. The highest BCUT2D eigenvalue weighted by atomic mass is 32.1. The van der Waals surface area contributed by atoms with Gasteiger partial charge in [-0.2, -0.15) is 0 Å². The van der Waals surface area contributed by atoms with Crippen LogP contribution in [0.25, 0.3) is 0 Å². The van der Waals surface area contributed by atoms with Gasteiger partial charge in [0, 0.05) is 24.8 Å². The maximum Gasteiger partial charge on any atom is 0.308 e. The molecule has 1 aromatic heterocycles. The van der Waals surface area contributed by atoms with E-state index < -0.39 is 5.97 Å². The number of anilines is 2. The molecule has 1 N–H and O–H groups in total. The Kier molecular flexibility index (Phi) is 5.63. The number of hydrogen-bond donors (Lipinski definition) is 1. The molecule has 0 bridgehead atoms. The fourth-order valence-corrected chi connectivity index (χ4v) is 4.19. The summed E-state index contributed by atoms with van der Waals surface area (Å²) in [6.07, 6.45) is 1.69. The van der Waals surface area contributed by atoms with Crippen molar-refractivity contribution in [3.63, 3.8) is 0 Å². The van der Waals surface area contributed by atoms with Crippen molar-refractivity contribution in [2.75, 3.05) is 16.8 Å². The van der Waals surface area contributed by atoms with E-state index in [0.29, 0.717) is 17.1 Å². The first-order valence-electron chi connectivity index (χ1n) is 9.60. The van der Waals surface area contributed by atoms with Crippen LogP contribution in [0.5, 0.6) is 5.75 Å². The lowest BCUT2D eigenvalue weighted by atomic mass is 10.0. The van der Waals surface area contributed by atoms with Gasteiger partial charge in [-0.3, -0.25) is 14.4 Å². The van der Waals surface area contributed by atoms with Crippen LogP contribution in [0.1, 0.15) is 38.9 Å². The highest BCUT2D eigenvalue weighted by Gasteiger charge is 2.24. The second-order valence-corrected chi connectivity index (χ2v) is 7.87. The molecule has 2 amide bonds. The normalized spacial score (nSPS) is 12.8. The smallest absolute Gasteiger partial charge is 0.308 e. The Balaban J connectivity index is 1.56. The average molecular weight is 420 g/mol. The van der Waals surface area contributed by atoms with Gasteiger partial charge < -0.3 is 15.0 Å². The molecule has 0 aliphatic carbocycles. The van der Waals surface area contributed by atoms with Crippen molar-refractivity contribution in [2.24, 2.45) is 0 Å². The molecule has 0 radical (unpaired) electrons. The first kappa shape index (κ1) is 19.8. The summed E-state index contributed by atoms with van der Waals surface area (Å²) < 4.78 is 5.13. The van der Waals surface area contributed by atoms with Gasteiger partial charge in [0.15, 0.2) is 0 Å². The van der Waals surface area contributed by atoms with Crippen molar-refractivity contribution in [1.29, 1.82) is 0 Å². The van der Waals surface area contributed by atoms with E-state index in [1.807, 2.05) is 29.6 Å². The minimum absolute atomic E-state index is 0.00181. The summed E-state index contributed by atoms with van der Waals surface area (Å²) in [5.41, 5.74) is 2.79. The SMILES string of the molecule is CC(=O)Oc1ccccc1C(=O)Nc1ccc2c(c1)CCCN2C(=O)c1cccs1. The molecule has 6 nitrogen and oxygen atoms in total. The zero-order valence-corrected chi connectivity index (χ0v) is 17.2. The van der Waals surface area contributed by atoms with E-state index in [-0.39, 0.29) is 23.1 Å². The number of thiophene rings is 1. The van der Waals surface area contributed by atoms with E-state index in [9.17, 15) is 14.4 Å². The number of rotatable bonds is 4. The Bertz CT molecular complexity index is 1110. The van der Waals surface area contributed by atoms with Crippen LogP contribution < -0.4 is 15.0 Å². The second kappa shape index (κ2) is 8.51. The third kappa shape index (κ3) is 4.11. The van der Waals surface area contributed by atoms with Gasteiger partial charge in [0.05, 0.1) is 10.4 Å². The number of carbonyl (C=O) groups excluding carboxylic acids is 3. The molecule has 1 aliphatic rings. The molecule has 30 heavy (non-hydrogen) atoms. The van der Waals surface area contributed by atoms with Crippen molar-refractivity contribution < 1.29 is 19.1 Å². The lowest BCUT2D eigenvalue weighted by Crippen LogP contribution is -2.35. The molecule has 4 rings (SSSR count). The van der Waals surface area contributed by atoms with E-state index in [2.05, 4.69) is 5.32 Å². The number of para-hydroxylation sites is 1. The Morgan fingerprint density at radius 1 is 1.07 bits per heavy atom. The van der Waals surface area contributed by atoms with Gasteiger partial charge in [-0.25, -0.2) is 0 Å². The van der Waals surface area contributed by atoms with Gasteiger partial charge in [-0.1, -0.05) is 18.2 Å². The summed E-state index contributed by atoms with van der Waals surface area (Å²) in [6, 6.07) is 15.8. The number of amides is 2. The van der Waals surface area contributed by atoms with Crippen molar-refractivity contribution in [3.8, 4) is 5.75 Å². The van der Waals surface area contributed by atoms with Gasteiger partial charge >= 0.3 is 5.97 Å². The lowest BCUT2D eigenvalue weighted by Gasteiger charge is -2.29. The van der Waals surface area contributed by atoms with Crippen LogP contribution in [0.2, 0.25) is 0 Å². The summed E-state index contributed by atoms with van der Waals surface area (Å²) in [5, 5.41) is 4.76. The van der Waals surface area contributed by atoms with Crippen LogP contribution in [-0.2, 0) is 11.2 Å². The third-order valence-corrected chi connectivity index (χ3v) is 5.68. The lowest BCUT2D eigenvalue weighted by molar-refractivity contribution is -0.131. The van der Waals surface area contributed by atoms with E-state index >= 15 is 0 Å². The van der Waals surface area contributed by atoms with Crippen LogP contribution in [0.3, 0.4) is 0 Å². The molecule has 0 saturated carbocycles. The standard InChI is InChI=1S/C23H20N2O4S/c1-15(26)29-20-8-3-2-7-18(20)22(27)24-17-10-11-19-16(14-17)6-4-12-25(19)23(28)21-9-5-13-30-21/h2-3,5,7-11,13-14H,4,6,12H2,1H3,(H,24,27). The number of nitrogens with zero attached hydrogens (tertiary/aromatic N) is 1. The molecular weight excluding hydrogens is 400 g/mol. The minimum atomic E-state index is -0.487. The Labute approximate surface area is 178 Å². The van der Waals surface area contributed by atoms with Crippen LogP contribution in [0.15, 0.2) is 60.0 Å². The molecule has 0 spiro atoms. The third-order valence-electron chi connectivity index (χ3n) is 4.82. The second-order valence-electron chi connectivity index (χ2n) is 6.93. The molecule has 0 atom stereocenters. The van der Waals surface area contributed by atoms with Crippen molar-refractivity contribution >= 4 is 40.5 Å². The number of benzene rings is 2. The van der Waals surface area contributed by atoms with Crippen LogP contribution in [0.4, 0.5) is 11.4 Å². The number of aryl methyl sites for hydroxylation is 1. The molecule has 7 heteroatoms. The largest absolute Gasteiger partial charge is 0.426 e. The number of hydrogen-bond acceptors (Lipinski definition) is 5. The maximum atomic E-state index is 12.8. The van der Waals surface area contributed by atoms with E-state index in [4.69, 9.17) is 4.74 Å². The molecule has 0 saturated heterocycles. The topological polar surface area (TPSA) is 75.7 Å². The Morgan fingerprint density at radius 3 is 2.67 bits per heavy atom. The summed E-state index contributed by atoms with van der Waals surface area (Å²) in [5.74, 6) is -0.639. The first-order valence-corrected chi connectivity index (χ1v) is 10.5. The van der Waals surface area contributed by atoms with Gasteiger partial charge in [0.1, 0.15) is 5.75 Å². The van der Waals surface area contributed by atoms with Crippen LogP contribution >= 0.6 is 11.3 Å². The van der Waals surface area contributed by atoms with E-state index in [0.717, 1.165) is 24.1 Å². The number of fused-ring (bicyclic) bond motifs is 1. The number of nitrogens with one attached hydrogen (secondary N) is 1. The van der Waals surface area contributed by atoms with Crippen LogP contribution in [0, 0.1) is 0 Å². The Morgan fingerprint density at radius 2 is 1.90 bits per heavy atom. The van der Waals surface area contributed by atoms with Crippen LogP contribution in [-0.4, -0.2) is 24.3 Å². The van der Waals surface area contributed by atoms with Crippen molar-refractivity contribution in [2.45, 2.75) is 19.8 Å². The summed E-state index contributed by atoms with van der Waals surface area (Å²) in [6.45, 7) is 1.96. The quantitative estimate of drug-likeness (QED) is 0.497. The molecule has 2 aromatic carbocycles. The van der Waals surface area contributed by atoms with Gasteiger partial charge in [-0.15, -0.1) is 11.3 Å². The fourth-order valence-electron chi connectivity index (χ4n) is 3.52. The fraction of sp³-hybridized carbons (Fsp3) is 0.174. The molecule has 2 heterocycles. The summed E-state index contributed by atoms with van der Waals surface area (Å²) in [7, 11) is 0. The predicted molar refractivity (Wildman–Crippen MR) is 116 cm³/mol. The Hall–Kier alpha value is -3.45. The number of ether oxygens (including phenoxy) is 1. The minimum Gasteiger partial charge on any atom is -0.426 e. The summed E-state index contributed by atoms with van der Waals surface area (Å²) in [4.78, 5) is 39.4. The zero-order chi connectivity index (χ0) is 21.1. The molecule has 0 fully saturated rings. The van der Waals surface area contributed by atoms with E-state index in [1.165, 1.54) is 18.3 Å². The van der Waals surface area contributed by atoms with Gasteiger partial charge in [0.2, 0.25) is 0 Å². The number of carbonyl (C=O) groups is 3. The monoisotopic (exact) mass is 420 g/mol. The summed E-state index contributed by atoms with van der Waals surface area (Å²) >= 11 is 1.43. The molecule has 152 valence electrons. The number of esters is 1. The molecule has 3 aromatic rings. The first-order chi connectivity index (χ1) is 14.5. The van der Waals surface area contributed by atoms with Crippen molar-refractivity contribution in [1.82, 2.24) is 0 Å². The maximum absolute atomic E-state index is 12.8. The molecule has 0 unspecified atom stereocenters. The molecule has 1 aliphatic heterocycles. The predicted octanol–water partition coefficient (Wildman–Crippen LogP) is 4.52. The average Bonchev–Trinajstić information content (AvgIpc) is 3.27. The molecular formula is C23H20N2O4S.